The number of benzene rings is 5. The van der Waals surface area contributed by atoms with Crippen LogP contribution in [0.3, 0.4) is 0 Å². The van der Waals surface area contributed by atoms with Gasteiger partial charge in [0.05, 0.1) is 54.5 Å². The summed E-state index contributed by atoms with van der Waals surface area (Å²) in [5.41, 5.74) is -2.37. The first-order valence-corrected chi connectivity index (χ1v) is 32.0. The van der Waals surface area contributed by atoms with Gasteiger partial charge in [-0.15, -0.1) is 20.2 Å². The molecule has 0 N–H and O–H groups in total. The molecule has 5 aromatic rings. The maximum Gasteiger partial charge on any atom is 0.416 e. The number of rotatable bonds is 28. The lowest BCUT2D eigenvalue weighted by Gasteiger charge is -2.40. The summed E-state index contributed by atoms with van der Waals surface area (Å²) in [7, 11) is -7.66. The summed E-state index contributed by atoms with van der Waals surface area (Å²) in [6.07, 6.45) is -4.57. The molecule has 0 unspecified atom stereocenters. The minimum absolute atomic E-state index is 0.0308. The molecule has 0 spiro atoms. The number of hydrogen-bond acceptors (Lipinski definition) is 17. The Bertz CT molecular complexity index is 3670. The van der Waals surface area contributed by atoms with Crippen LogP contribution in [0.4, 0.5) is 43.9 Å². The van der Waals surface area contributed by atoms with Gasteiger partial charge in [0, 0.05) is 30.0 Å². The SMILES string of the molecule is COc1cc(/C=C/C(=O)OCCCCO[N+](=O)[O-])ccc1OC(=O)CCC1CCC(c2cc(F)ccc2F)(S(=O)(=O)c2ccc(C(F)(F)F)cc2)CC1.O=C(CCC1CCC(c2cc(F)ccc2F)(S(=O)(=O)c2ccc(C(F)(F)F)cc2)CC1)OCCCCO[N+](=O)[O-]. The third-order valence-electron chi connectivity index (χ3n) is 16.0. The Hall–Kier alpha value is -8.35. The number of esters is 3. The van der Waals surface area contributed by atoms with Crippen molar-refractivity contribution >= 4 is 43.7 Å². The molecule has 0 saturated heterocycles. The van der Waals surface area contributed by atoms with Gasteiger partial charge in [0.25, 0.3) is 10.2 Å². The average molecular weight is 1360 g/mol. The molecule has 506 valence electrons. The third kappa shape index (κ3) is 19.8. The summed E-state index contributed by atoms with van der Waals surface area (Å²) in [6.45, 7) is -0.132. The van der Waals surface area contributed by atoms with E-state index >= 15 is 4.39 Å². The van der Waals surface area contributed by atoms with E-state index in [0.29, 0.717) is 61.9 Å². The summed E-state index contributed by atoms with van der Waals surface area (Å²) in [4.78, 5) is 64.5. The van der Waals surface area contributed by atoms with E-state index in [1.54, 1.807) is 6.07 Å². The number of sulfone groups is 2. The molecule has 5 aromatic carbocycles. The van der Waals surface area contributed by atoms with Crippen LogP contribution in [0.1, 0.15) is 131 Å². The summed E-state index contributed by atoms with van der Waals surface area (Å²) >= 11 is 0. The van der Waals surface area contributed by atoms with Crippen LogP contribution < -0.4 is 9.47 Å². The lowest BCUT2D eigenvalue weighted by molar-refractivity contribution is -0.757. The van der Waals surface area contributed by atoms with Crippen molar-refractivity contribution in [2.24, 2.45) is 11.8 Å². The fraction of sp³-hybridized carbons (Fsp3) is 0.435. The smallest absolute Gasteiger partial charge is 0.416 e. The lowest BCUT2D eigenvalue weighted by atomic mass is 9.76. The summed E-state index contributed by atoms with van der Waals surface area (Å²) in [5, 5.41) is 18.4. The van der Waals surface area contributed by atoms with E-state index < -0.39 is 119 Å². The van der Waals surface area contributed by atoms with Gasteiger partial charge < -0.3 is 28.6 Å². The first-order chi connectivity index (χ1) is 43.8. The first-order valence-electron chi connectivity index (χ1n) is 29.0. The second-order valence-electron chi connectivity index (χ2n) is 21.9. The average Bonchev–Trinajstić information content (AvgIpc) is 0.740. The number of carbonyl (C=O) groups excluding carboxylic acids is 3. The summed E-state index contributed by atoms with van der Waals surface area (Å²) in [6, 6.07) is 15.3. The van der Waals surface area contributed by atoms with Gasteiger partial charge in [-0.1, -0.05) is 6.07 Å². The highest BCUT2D eigenvalue weighted by atomic mass is 32.2. The van der Waals surface area contributed by atoms with Crippen LogP contribution in [0.5, 0.6) is 11.5 Å². The van der Waals surface area contributed by atoms with Crippen molar-refractivity contribution in [1.29, 1.82) is 0 Å². The molecule has 31 heteroatoms. The Kier molecular flexibility index (Phi) is 25.7. The molecule has 0 amide bonds. The van der Waals surface area contributed by atoms with Crippen molar-refractivity contribution < 1.29 is 114 Å². The zero-order valence-electron chi connectivity index (χ0n) is 49.7. The highest BCUT2D eigenvalue weighted by Crippen LogP contribution is 2.52. The van der Waals surface area contributed by atoms with Crippen molar-refractivity contribution in [2.45, 2.75) is 134 Å². The van der Waals surface area contributed by atoms with Crippen molar-refractivity contribution in [2.75, 3.05) is 33.5 Å². The maximum atomic E-state index is 15.2. The van der Waals surface area contributed by atoms with Gasteiger partial charge in [-0.05, 0) is 210 Å². The van der Waals surface area contributed by atoms with Gasteiger partial charge in [-0.25, -0.2) is 39.2 Å². The third-order valence-corrected chi connectivity index (χ3v) is 21.1. The molecular formula is C62H64F10N2O17S2. The quantitative estimate of drug-likeness (QED) is 0.00857. The zero-order valence-corrected chi connectivity index (χ0v) is 51.3. The molecule has 0 bridgehead atoms. The highest BCUT2D eigenvalue weighted by molar-refractivity contribution is 7.92. The minimum Gasteiger partial charge on any atom is -0.493 e. The van der Waals surface area contributed by atoms with E-state index in [9.17, 15) is 91.0 Å². The highest BCUT2D eigenvalue weighted by Gasteiger charge is 2.52. The van der Waals surface area contributed by atoms with E-state index in [1.165, 1.54) is 31.4 Å². The number of halogens is 10. The molecule has 93 heavy (non-hydrogen) atoms. The number of unbranched alkanes of at least 4 members (excludes halogenated alkanes) is 2. The van der Waals surface area contributed by atoms with Crippen molar-refractivity contribution in [1.82, 2.24) is 0 Å². The standard InChI is InChI=1S/C36H36F5NO10S.C26H28F5NO7S/c1-49-32-22-25(6-14-33(43)50-20-2-3-21-51-42(45)46)4-13-31(32)52-34(44)15-5-24-16-18-35(19-17-24,29-23-27(37)9-12-30(29)38)53(47,48)28-10-7-26(8-11-28)36(39,40)41;27-20-6-9-23(28)22(17-20)25(40(36,37)21-7-4-19(5-8-21)26(29,30)31)13-11-18(12-14-25)3-10-24(33)38-15-1-2-16-39-32(34)35/h4,6-14,22-24H,2-3,5,15-21H2,1H3;4-9,17-18H,1-3,10-16H2/b14-6+;. The van der Waals surface area contributed by atoms with Crippen LogP contribution in [-0.2, 0) is 75.1 Å². The Morgan fingerprint density at radius 2 is 0.957 bits per heavy atom. The van der Waals surface area contributed by atoms with Crippen LogP contribution in [0, 0.1) is 55.3 Å². The molecule has 0 radical (unpaired) electrons. The molecular weight excluding hydrogens is 1300 g/mol. The normalized spacial score (nSPS) is 18.5. The number of nitrogens with zero attached hydrogens (tertiary/aromatic N) is 2. The fourth-order valence-electron chi connectivity index (χ4n) is 11.0. The van der Waals surface area contributed by atoms with Crippen LogP contribution in [0.2, 0.25) is 0 Å². The topological polar surface area (TPSA) is 261 Å². The second-order valence-corrected chi connectivity index (χ2v) is 26.4. The monoisotopic (exact) mass is 1360 g/mol. The Labute approximate surface area is 527 Å². The van der Waals surface area contributed by atoms with Gasteiger partial charge in [0.1, 0.15) is 32.8 Å². The molecule has 0 atom stereocenters. The van der Waals surface area contributed by atoms with Gasteiger partial charge in [-0.2, -0.15) is 26.3 Å². The number of hydrogen-bond donors (Lipinski definition) is 0. The molecule has 19 nitrogen and oxygen atoms in total. The van der Waals surface area contributed by atoms with Gasteiger partial charge >= 0.3 is 30.3 Å². The van der Waals surface area contributed by atoms with E-state index in [2.05, 4.69) is 9.68 Å². The Morgan fingerprint density at radius 1 is 0.548 bits per heavy atom. The summed E-state index contributed by atoms with van der Waals surface area (Å²) < 4.78 is 210. The van der Waals surface area contributed by atoms with E-state index in [4.69, 9.17) is 18.9 Å². The first kappa shape index (κ1) is 73.7. The number of alkyl halides is 6. The Balaban J connectivity index is 0.000000307. The molecule has 2 aliphatic rings. The Morgan fingerprint density at radius 3 is 1.37 bits per heavy atom. The largest absolute Gasteiger partial charge is 0.493 e. The van der Waals surface area contributed by atoms with Gasteiger partial charge in [0.2, 0.25) is 0 Å². The molecule has 2 aliphatic carbocycles. The van der Waals surface area contributed by atoms with Gasteiger partial charge in [-0.3, -0.25) is 9.59 Å². The lowest BCUT2D eigenvalue weighted by Crippen LogP contribution is -2.40. The summed E-state index contributed by atoms with van der Waals surface area (Å²) in [5.74, 6) is -5.45. The second kappa shape index (κ2) is 32.5. The molecule has 0 aromatic heterocycles. The number of methoxy groups -OCH3 is 1. The van der Waals surface area contributed by atoms with Crippen LogP contribution in [0.15, 0.2) is 119 Å². The predicted molar refractivity (Wildman–Crippen MR) is 310 cm³/mol. The molecule has 7 rings (SSSR count). The fourth-order valence-corrected chi connectivity index (χ4v) is 15.4. The van der Waals surface area contributed by atoms with Gasteiger partial charge in [0.15, 0.2) is 31.2 Å². The van der Waals surface area contributed by atoms with E-state index in [-0.39, 0.29) is 126 Å². The maximum absolute atomic E-state index is 15.2. The van der Waals surface area contributed by atoms with Crippen LogP contribution >= 0.6 is 0 Å². The van der Waals surface area contributed by atoms with Crippen molar-refractivity contribution in [3.63, 3.8) is 0 Å². The predicted octanol–water partition coefficient (Wildman–Crippen LogP) is 13.9. The molecule has 0 aliphatic heterocycles. The number of carbonyl (C=O) groups is 3. The minimum atomic E-state index is -4.71. The molecule has 2 fully saturated rings. The molecule has 2 saturated carbocycles. The van der Waals surface area contributed by atoms with E-state index in [1.807, 2.05) is 0 Å². The molecule has 0 heterocycles. The zero-order chi connectivity index (χ0) is 68.4. The van der Waals surface area contributed by atoms with E-state index in [0.717, 1.165) is 60.7 Å². The van der Waals surface area contributed by atoms with Crippen molar-refractivity contribution in [3.8, 4) is 11.5 Å². The van der Waals surface area contributed by atoms with Crippen molar-refractivity contribution in [3.05, 3.63) is 181 Å². The van der Waals surface area contributed by atoms with Crippen LogP contribution in [0.25, 0.3) is 6.08 Å². The number of ether oxygens (including phenoxy) is 4. The van der Waals surface area contributed by atoms with Crippen LogP contribution in [-0.4, -0.2) is 78.5 Å².